The molecule has 1 aromatic carbocycles. The number of nitrogens with zero attached hydrogens (tertiary/aromatic N) is 5. The second kappa shape index (κ2) is 8.99. The number of hydrogen-bond acceptors (Lipinski definition) is 6. The van der Waals surface area contributed by atoms with Crippen LogP contribution in [0.15, 0.2) is 30.5 Å². The van der Waals surface area contributed by atoms with E-state index in [0.29, 0.717) is 6.04 Å². The van der Waals surface area contributed by atoms with Crippen molar-refractivity contribution in [3.05, 3.63) is 41.9 Å². The molecule has 0 spiro atoms. The molecule has 3 heterocycles. The Kier molecular flexibility index (Phi) is 6.19. The lowest BCUT2D eigenvalue weighted by atomic mass is 10.0. The lowest BCUT2D eigenvalue weighted by Crippen LogP contribution is -2.55. The van der Waals surface area contributed by atoms with E-state index in [0.717, 1.165) is 63.1 Å². The van der Waals surface area contributed by atoms with Gasteiger partial charge in [0.15, 0.2) is 0 Å². The molecule has 1 unspecified atom stereocenters. The average Bonchev–Trinajstić information content (AvgIpc) is 2.79. The molecule has 2 aromatic rings. The van der Waals surface area contributed by atoms with Gasteiger partial charge in [0, 0.05) is 57.1 Å². The average molecular weight is 396 g/mol. The fourth-order valence-corrected chi connectivity index (χ4v) is 4.67. The molecule has 156 valence electrons. The van der Waals surface area contributed by atoms with Crippen LogP contribution in [0.2, 0.25) is 0 Å². The number of methoxy groups -OCH3 is 1. The minimum absolute atomic E-state index is 0.601. The van der Waals surface area contributed by atoms with Crippen LogP contribution in [-0.2, 0) is 6.42 Å². The number of rotatable bonds is 5. The minimum Gasteiger partial charge on any atom is -0.495 e. The maximum atomic E-state index is 5.56. The molecule has 0 N–H and O–H groups in total. The van der Waals surface area contributed by atoms with Gasteiger partial charge in [-0.15, -0.1) is 0 Å². The standard InChI is InChI=1S/C23H33N5O/c1-4-19-16-24-18(2)25-23(19)28-11-7-8-20(17-28)26-12-14-27(15-13-26)21-9-5-6-10-22(21)29-3/h5-6,9-10,16,20H,4,7-8,11-15,17H2,1-3H3. The molecule has 0 amide bonds. The number of aromatic nitrogens is 2. The fraction of sp³-hybridized carbons (Fsp3) is 0.565. The van der Waals surface area contributed by atoms with Crippen LogP contribution in [0.5, 0.6) is 5.75 Å². The first kappa shape index (κ1) is 20.0. The van der Waals surface area contributed by atoms with Gasteiger partial charge < -0.3 is 14.5 Å². The maximum Gasteiger partial charge on any atom is 0.142 e. The molecule has 1 aromatic heterocycles. The zero-order valence-electron chi connectivity index (χ0n) is 18.0. The van der Waals surface area contributed by atoms with Crippen molar-refractivity contribution in [1.29, 1.82) is 0 Å². The second-order valence-corrected chi connectivity index (χ2v) is 8.06. The first-order chi connectivity index (χ1) is 14.2. The van der Waals surface area contributed by atoms with Crippen molar-refractivity contribution in [3.63, 3.8) is 0 Å². The summed E-state index contributed by atoms with van der Waals surface area (Å²) in [6.45, 7) is 10.6. The number of anilines is 2. The van der Waals surface area contributed by atoms with Crippen molar-refractivity contribution in [2.24, 2.45) is 0 Å². The number of aryl methyl sites for hydroxylation is 2. The van der Waals surface area contributed by atoms with Gasteiger partial charge in [0.05, 0.1) is 12.8 Å². The topological polar surface area (TPSA) is 44.7 Å². The monoisotopic (exact) mass is 395 g/mol. The molecular weight excluding hydrogens is 362 g/mol. The molecule has 1 atom stereocenters. The minimum atomic E-state index is 0.601. The highest BCUT2D eigenvalue weighted by Crippen LogP contribution is 2.30. The van der Waals surface area contributed by atoms with E-state index < -0.39 is 0 Å². The summed E-state index contributed by atoms with van der Waals surface area (Å²) in [5.41, 5.74) is 2.47. The fourth-order valence-electron chi connectivity index (χ4n) is 4.67. The highest BCUT2D eigenvalue weighted by Gasteiger charge is 2.30. The van der Waals surface area contributed by atoms with Crippen LogP contribution in [0.25, 0.3) is 0 Å². The van der Waals surface area contributed by atoms with Crippen molar-refractivity contribution < 1.29 is 4.74 Å². The summed E-state index contributed by atoms with van der Waals surface area (Å²) in [6.07, 6.45) is 5.49. The molecule has 0 saturated carbocycles. The normalized spacial score (nSPS) is 20.7. The largest absolute Gasteiger partial charge is 0.495 e. The summed E-state index contributed by atoms with van der Waals surface area (Å²) in [7, 11) is 1.76. The van der Waals surface area contributed by atoms with E-state index >= 15 is 0 Å². The summed E-state index contributed by atoms with van der Waals surface area (Å²) in [5.74, 6) is 2.98. The van der Waals surface area contributed by atoms with Crippen LogP contribution in [0.4, 0.5) is 11.5 Å². The van der Waals surface area contributed by atoms with E-state index in [1.807, 2.05) is 19.2 Å². The Morgan fingerprint density at radius 2 is 1.86 bits per heavy atom. The predicted molar refractivity (Wildman–Crippen MR) is 118 cm³/mol. The van der Waals surface area contributed by atoms with Gasteiger partial charge in [-0.3, -0.25) is 4.90 Å². The van der Waals surface area contributed by atoms with E-state index in [9.17, 15) is 0 Å². The smallest absolute Gasteiger partial charge is 0.142 e. The van der Waals surface area contributed by atoms with E-state index in [-0.39, 0.29) is 0 Å². The summed E-state index contributed by atoms with van der Waals surface area (Å²) in [5, 5.41) is 0. The summed E-state index contributed by atoms with van der Waals surface area (Å²) >= 11 is 0. The molecule has 2 aliphatic rings. The number of piperazine rings is 1. The summed E-state index contributed by atoms with van der Waals surface area (Å²) < 4.78 is 5.56. The highest BCUT2D eigenvalue weighted by atomic mass is 16.5. The molecule has 0 aliphatic carbocycles. The van der Waals surface area contributed by atoms with E-state index in [2.05, 4.69) is 44.8 Å². The van der Waals surface area contributed by atoms with Gasteiger partial charge in [0.25, 0.3) is 0 Å². The number of hydrogen-bond donors (Lipinski definition) is 0. The van der Waals surface area contributed by atoms with Crippen LogP contribution < -0.4 is 14.5 Å². The van der Waals surface area contributed by atoms with Gasteiger partial charge in [0.2, 0.25) is 0 Å². The van der Waals surface area contributed by atoms with Crippen LogP contribution in [0.1, 0.15) is 31.2 Å². The molecule has 0 bridgehead atoms. The number of para-hydroxylation sites is 2. The van der Waals surface area contributed by atoms with Gasteiger partial charge in [-0.2, -0.15) is 0 Å². The van der Waals surface area contributed by atoms with Crippen LogP contribution >= 0.6 is 0 Å². The van der Waals surface area contributed by atoms with E-state index in [4.69, 9.17) is 9.72 Å². The van der Waals surface area contributed by atoms with Gasteiger partial charge in [-0.1, -0.05) is 19.1 Å². The van der Waals surface area contributed by atoms with Crippen molar-refractivity contribution in [1.82, 2.24) is 14.9 Å². The van der Waals surface area contributed by atoms with Crippen LogP contribution in [-0.4, -0.2) is 67.3 Å². The number of piperidine rings is 1. The van der Waals surface area contributed by atoms with Gasteiger partial charge >= 0.3 is 0 Å². The Hall–Kier alpha value is -2.34. The van der Waals surface area contributed by atoms with Crippen molar-refractivity contribution in [2.75, 3.05) is 56.2 Å². The lowest BCUT2D eigenvalue weighted by Gasteiger charge is -2.44. The molecule has 2 saturated heterocycles. The number of benzene rings is 1. The third-order valence-electron chi connectivity index (χ3n) is 6.30. The van der Waals surface area contributed by atoms with Gasteiger partial charge in [-0.25, -0.2) is 9.97 Å². The van der Waals surface area contributed by atoms with Gasteiger partial charge in [0.1, 0.15) is 17.4 Å². The molecule has 2 fully saturated rings. The summed E-state index contributed by atoms with van der Waals surface area (Å²) in [6, 6.07) is 8.95. The van der Waals surface area contributed by atoms with Crippen molar-refractivity contribution >= 4 is 11.5 Å². The molecule has 6 nitrogen and oxygen atoms in total. The van der Waals surface area contributed by atoms with E-state index in [1.54, 1.807) is 7.11 Å². The first-order valence-electron chi connectivity index (χ1n) is 10.9. The molecule has 2 aliphatic heterocycles. The third kappa shape index (κ3) is 4.32. The predicted octanol–water partition coefficient (Wildman–Crippen LogP) is 3.15. The quantitative estimate of drug-likeness (QED) is 0.775. The SMILES string of the molecule is CCc1cnc(C)nc1N1CCCC(N2CCN(c3ccccc3OC)CC2)C1. The summed E-state index contributed by atoms with van der Waals surface area (Å²) in [4.78, 5) is 16.8. The Bertz CT molecular complexity index is 819. The van der Waals surface area contributed by atoms with Crippen LogP contribution in [0, 0.1) is 6.92 Å². The Balaban J connectivity index is 1.41. The van der Waals surface area contributed by atoms with Crippen molar-refractivity contribution in [2.45, 2.75) is 39.2 Å². The Morgan fingerprint density at radius 1 is 1.07 bits per heavy atom. The zero-order chi connectivity index (χ0) is 20.2. The zero-order valence-corrected chi connectivity index (χ0v) is 18.0. The molecule has 6 heteroatoms. The first-order valence-corrected chi connectivity index (χ1v) is 10.9. The van der Waals surface area contributed by atoms with Crippen LogP contribution in [0.3, 0.4) is 0 Å². The molecular formula is C23H33N5O. The Morgan fingerprint density at radius 3 is 2.62 bits per heavy atom. The third-order valence-corrected chi connectivity index (χ3v) is 6.30. The number of ether oxygens (including phenoxy) is 1. The van der Waals surface area contributed by atoms with Gasteiger partial charge in [-0.05, 0) is 38.3 Å². The lowest BCUT2D eigenvalue weighted by molar-refractivity contribution is 0.166. The Labute approximate surface area is 174 Å². The van der Waals surface area contributed by atoms with E-state index in [1.165, 1.54) is 24.1 Å². The highest BCUT2D eigenvalue weighted by molar-refractivity contribution is 5.58. The molecule has 29 heavy (non-hydrogen) atoms. The molecule has 4 rings (SSSR count). The van der Waals surface area contributed by atoms with Crippen molar-refractivity contribution in [3.8, 4) is 5.75 Å². The molecule has 0 radical (unpaired) electrons. The second-order valence-electron chi connectivity index (χ2n) is 8.06. The maximum absolute atomic E-state index is 5.56.